The molecule has 4 rings (SSSR count). The van der Waals surface area contributed by atoms with Crippen LogP contribution >= 0.6 is 11.6 Å². The molecule has 1 aliphatic carbocycles. The molecule has 1 saturated carbocycles. The number of rotatable bonds is 7. The zero-order valence-electron chi connectivity index (χ0n) is 19.2. The van der Waals surface area contributed by atoms with E-state index in [1.54, 1.807) is 0 Å². The van der Waals surface area contributed by atoms with Gasteiger partial charge in [0.05, 0.1) is 5.02 Å². The zero-order chi connectivity index (χ0) is 23.6. The third-order valence-corrected chi connectivity index (χ3v) is 7.80. The first-order chi connectivity index (χ1) is 15.8. The number of halogens is 2. The van der Waals surface area contributed by atoms with Gasteiger partial charge in [-0.25, -0.2) is 4.39 Å². The van der Waals surface area contributed by atoms with Crippen LogP contribution in [0, 0.1) is 11.7 Å². The van der Waals surface area contributed by atoms with Gasteiger partial charge in [-0.15, -0.1) is 0 Å². The summed E-state index contributed by atoms with van der Waals surface area (Å²) in [6.45, 7) is 0.422. The summed E-state index contributed by atoms with van der Waals surface area (Å²) in [6.07, 6.45) is 4.88. The Kier molecular flexibility index (Phi) is 7.27. The predicted molar refractivity (Wildman–Crippen MR) is 127 cm³/mol. The number of ether oxygens (including phenoxy) is 1. The third-order valence-electron chi connectivity index (χ3n) is 7.38. The molecule has 33 heavy (non-hydrogen) atoms. The number of carboxylic acids is 1. The average Bonchev–Trinajstić information content (AvgIpc) is 3.27. The van der Waals surface area contributed by atoms with Crippen molar-refractivity contribution in [2.24, 2.45) is 5.92 Å². The molecule has 0 aromatic heterocycles. The van der Waals surface area contributed by atoms with Crippen LogP contribution in [0.2, 0.25) is 5.02 Å². The number of nitrogens with zero attached hydrogens (tertiary/aromatic N) is 1. The highest BCUT2D eigenvalue weighted by Gasteiger charge is 2.39. The van der Waals surface area contributed by atoms with E-state index in [0.29, 0.717) is 31.1 Å². The summed E-state index contributed by atoms with van der Waals surface area (Å²) in [5.74, 6) is -0.565. The van der Waals surface area contributed by atoms with E-state index < -0.39 is 17.8 Å². The summed E-state index contributed by atoms with van der Waals surface area (Å²) in [7, 11) is 4.29. The predicted octanol–water partition coefficient (Wildman–Crippen LogP) is 4.86. The Hall–Kier alpha value is -2.15. The van der Waals surface area contributed by atoms with Crippen molar-refractivity contribution >= 4 is 17.6 Å². The lowest BCUT2D eigenvalue weighted by Gasteiger charge is -2.45. The second-order valence-electron chi connectivity index (χ2n) is 9.59. The molecule has 2 aromatic carbocycles. The topological polar surface area (TPSA) is 61.8 Å². The van der Waals surface area contributed by atoms with Crippen LogP contribution in [0.15, 0.2) is 42.5 Å². The average molecular weight is 475 g/mol. The van der Waals surface area contributed by atoms with Crippen molar-refractivity contribution in [3.63, 3.8) is 0 Å². The monoisotopic (exact) mass is 474 g/mol. The second kappa shape index (κ2) is 10.00. The molecule has 1 heterocycles. The van der Waals surface area contributed by atoms with E-state index in [1.165, 1.54) is 11.6 Å². The van der Waals surface area contributed by atoms with Crippen molar-refractivity contribution < 1.29 is 19.0 Å². The minimum atomic E-state index is -0.898. The number of carboxylic acid groups (broad SMARTS) is 1. The Morgan fingerprint density at radius 3 is 2.55 bits per heavy atom. The third kappa shape index (κ3) is 5.18. The van der Waals surface area contributed by atoms with Crippen LogP contribution in [-0.2, 0) is 16.8 Å². The van der Waals surface area contributed by atoms with Crippen molar-refractivity contribution in [3.05, 3.63) is 64.4 Å². The van der Waals surface area contributed by atoms with E-state index in [2.05, 4.69) is 48.6 Å². The summed E-state index contributed by atoms with van der Waals surface area (Å²) in [5, 5.41) is 12.2. The first-order valence-electron chi connectivity index (χ1n) is 11.6. The molecule has 0 amide bonds. The van der Waals surface area contributed by atoms with Crippen LogP contribution < -0.4 is 10.1 Å². The second-order valence-corrected chi connectivity index (χ2v) is 9.97. The van der Waals surface area contributed by atoms with Crippen molar-refractivity contribution in [2.45, 2.75) is 56.2 Å². The normalized spacial score (nSPS) is 27.6. The van der Waals surface area contributed by atoms with Crippen molar-refractivity contribution in [1.29, 1.82) is 0 Å². The molecule has 1 aliphatic heterocycles. The largest absolute Gasteiger partial charge is 0.489 e. The number of nitrogens with one attached hydrogen (secondary N) is 1. The highest BCUT2D eigenvalue weighted by molar-refractivity contribution is 6.31. The van der Waals surface area contributed by atoms with Crippen LogP contribution in [0.1, 0.15) is 43.2 Å². The lowest BCUT2D eigenvalue weighted by Crippen LogP contribution is -2.44. The summed E-state index contributed by atoms with van der Waals surface area (Å²) >= 11 is 6.34. The highest BCUT2D eigenvalue weighted by Crippen LogP contribution is 2.44. The summed E-state index contributed by atoms with van der Waals surface area (Å²) in [4.78, 5) is 13.5. The minimum absolute atomic E-state index is 0.0217. The molecular formula is C26H32ClFN2O3. The minimum Gasteiger partial charge on any atom is -0.489 e. The Bertz CT molecular complexity index is 977. The van der Waals surface area contributed by atoms with Crippen molar-refractivity contribution in [1.82, 2.24) is 10.2 Å². The van der Waals surface area contributed by atoms with Gasteiger partial charge < -0.3 is 15.2 Å². The number of hydrogen-bond acceptors (Lipinski definition) is 4. The molecule has 0 spiro atoms. The zero-order valence-corrected chi connectivity index (χ0v) is 19.9. The van der Waals surface area contributed by atoms with Crippen LogP contribution in [0.5, 0.6) is 5.75 Å². The number of aliphatic carboxylic acids is 1. The highest BCUT2D eigenvalue weighted by atomic mass is 35.5. The molecule has 2 aliphatic rings. The quantitative estimate of drug-likeness (QED) is 0.600. The Morgan fingerprint density at radius 2 is 1.94 bits per heavy atom. The summed E-state index contributed by atoms with van der Waals surface area (Å²) in [6, 6.07) is 13.2. The van der Waals surface area contributed by atoms with Crippen molar-refractivity contribution in [2.75, 3.05) is 20.6 Å². The molecule has 2 fully saturated rings. The Morgan fingerprint density at radius 1 is 1.24 bits per heavy atom. The molecule has 5 nitrogen and oxygen atoms in total. The van der Waals surface area contributed by atoms with Crippen LogP contribution in [-0.4, -0.2) is 48.8 Å². The van der Waals surface area contributed by atoms with Gasteiger partial charge in [0, 0.05) is 24.6 Å². The lowest BCUT2D eigenvalue weighted by atomic mass is 9.70. The SMILES string of the molecule is CN(C)C1(c2ccccc2)CCC(Cc2cc(O[C@@H]3CN[C@H](C(=O)O)C3)cc(F)c2Cl)CC1. The van der Waals surface area contributed by atoms with Gasteiger partial charge in [-0.1, -0.05) is 41.9 Å². The van der Waals surface area contributed by atoms with Crippen molar-refractivity contribution in [3.8, 4) is 5.75 Å². The molecule has 0 radical (unpaired) electrons. The van der Waals surface area contributed by atoms with Gasteiger partial charge in [0.2, 0.25) is 0 Å². The van der Waals surface area contributed by atoms with E-state index in [0.717, 1.165) is 31.2 Å². The molecule has 2 N–H and O–H groups in total. The maximum Gasteiger partial charge on any atom is 0.320 e. The summed E-state index contributed by atoms with van der Waals surface area (Å²) in [5.41, 5.74) is 2.13. The first kappa shape index (κ1) is 24.0. The molecule has 2 aromatic rings. The van der Waals surface area contributed by atoms with Gasteiger partial charge in [-0.05, 0) is 69.3 Å². The van der Waals surface area contributed by atoms with Gasteiger partial charge in [-0.2, -0.15) is 0 Å². The number of hydrogen-bond donors (Lipinski definition) is 2. The van der Waals surface area contributed by atoms with E-state index in [4.69, 9.17) is 21.4 Å². The number of carbonyl (C=O) groups is 1. The van der Waals surface area contributed by atoms with E-state index >= 15 is 0 Å². The molecule has 2 atom stereocenters. The molecule has 1 saturated heterocycles. The fourth-order valence-corrected chi connectivity index (χ4v) is 5.61. The van der Waals surface area contributed by atoms with Gasteiger partial charge in [0.25, 0.3) is 0 Å². The molecule has 7 heteroatoms. The molecule has 0 unspecified atom stereocenters. The van der Waals surface area contributed by atoms with Gasteiger partial charge in [0.1, 0.15) is 23.7 Å². The van der Waals surface area contributed by atoms with Gasteiger partial charge in [-0.3, -0.25) is 9.69 Å². The Labute approximate surface area is 199 Å². The molecule has 0 bridgehead atoms. The maximum atomic E-state index is 14.6. The van der Waals surface area contributed by atoms with Gasteiger partial charge in [0.15, 0.2) is 0 Å². The molecular weight excluding hydrogens is 443 g/mol. The smallest absolute Gasteiger partial charge is 0.320 e. The number of benzene rings is 2. The maximum absolute atomic E-state index is 14.6. The summed E-state index contributed by atoms with van der Waals surface area (Å²) < 4.78 is 20.5. The van der Waals surface area contributed by atoms with Crippen LogP contribution in [0.4, 0.5) is 4.39 Å². The molecule has 178 valence electrons. The lowest BCUT2D eigenvalue weighted by molar-refractivity contribution is -0.139. The van der Waals surface area contributed by atoms with E-state index in [1.807, 2.05) is 12.1 Å². The Balaban J connectivity index is 1.44. The van der Waals surface area contributed by atoms with Crippen LogP contribution in [0.3, 0.4) is 0 Å². The van der Waals surface area contributed by atoms with E-state index in [-0.39, 0.29) is 16.7 Å². The standard InChI is InChI=1S/C26H32ClFN2O3/c1-30(2)26(19-6-4-3-5-7-19)10-8-17(9-11-26)12-18-13-20(14-22(28)24(18)27)33-21-15-23(25(31)32)29-16-21/h3-7,13-14,17,21,23,29H,8-12,15-16H2,1-2H3,(H,31,32)/t17?,21-,23-,26?/m0/s1. The fraction of sp³-hybridized carbons (Fsp3) is 0.500. The van der Waals surface area contributed by atoms with Crippen LogP contribution in [0.25, 0.3) is 0 Å². The van der Waals surface area contributed by atoms with E-state index in [9.17, 15) is 9.18 Å². The van der Waals surface area contributed by atoms with Gasteiger partial charge >= 0.3 is 5.97 Å². The fourth-order valence-electron chi connectivity index (χ4n) is 5.42. The first-order valence-corrected chi connectivity index (χ1v) is 12.0.